The van der Waals surface area contributed by atoms with E-state index in [1.165, 1.54) is 0 Å². The van der Waals surface area contributed by atoms with Gasteiger partial charge >= 0.3 is 0 Å². The molecule has 0 saturated heterocycles. The molecule has 0 aromatic carbocycles. The van der Waals surface area contributed by atoms with Crippen LogP contribution in [0.15, 0.2) is 0 Å². The van der Waals surface area contributed by atoms with E-state index in [4.69, 9.17) is 4.74 Å². The first-order valence-electron chi connectivity index (χ1n) is 5.10. The van der Waals surface area contributed by atoms with Crippen molar-refractivity contribution < 1.29 is 9.84 Å². The van der Waals surface area contributed by atoms with E-state index in [-0.39, 0.29) is 0 Å². The lowest BCUT2D eigenvalue weighted by atomic mass is 10.3. The van der Waals surface area contributed by atoms with Crippen LogP contribution in [0, 0.1) is 13.8 Å². The van der Waals surface area contributed by atoms with Crippen molar-refractivity contribution in [2.24, 2.45) is 0 Å². The number of ether oxygens (including phenoxy) is 1. The minimum absolute atomic E-state index is 0.294. The first-order valence-corrected chi connectivity index (χ1v) is 5.10. The first-order chi connectivity index (χ1) is 7.54. The molecule has 1 atom stereocenters. The molecule has 1 unspecified atom stereocenters. The molecular weight excluding hydrogens is 208 g/mol. The van der Waals surface area contributed by atoms with Crippen molar-refractivity contribution in [3.8, 4) is 0 Å². The smallest absolute Gasteiger partial charge is 0.245 e. The molecular formula is C10H18N4O2. The molecule has 16 heavy (non-hydrogen) atoms. The summed E-state index contributed by atoms with van der Waals surface area (Å²) in [5.74, 6) is 0.512. The molecule has 1 aromatic rings. The lowest BCUT2D eigenvalue weighted by Gasteiger charge is -2.20. The maximum atomic E-state index is 9.56. The predicted molar refractivity (Wildman–Crippen MR) is 60.5 cm³/mol. The lowest BCUT2D eigenvalue weighted by Crippen LogP contribution is -2.33. The summed E-state index contributed by atoms with van der Waals surface area (Å²) in [6.45, 7) is 4.45. The maximum absolute atomic E-state index is 9.56. The molecule has 0 aliphatic carbocycles. The van der Waals surface area contributed by atoms with Crippen LogP contribution in [0.1, 0.15) is 11.4 Å². The Morgan fingerprint density at radius 1 is 1.31 bits per heavy atom. The largest absolute Gasteiger partial charge is 0.389 e. The number of aliphatic hydroxyl groups is 1. The number of anilines is 1. The lowest BCUT2D eigenvalue weighted by molar-refractivity contribution is 0.0693. The van der Waals surface area contributed by atoms with Crippen molar-refractivity contribution in [1.29, 1.82) is 0 Å². The number of hydrogen-bond acceptors (Lipinski definition) is 6. The Labute approximate surface area is 95.3 Å². The summed E-state index contributed by atoms with van der Waals surface area (Å²) in [5, 5.41) is 17.5. The molecule has 0 aliphatic rings. The first kappa shape index (κ1) is 12.8. The number of aromatic nitrogens is 3. The zero-order valence-corrected chi connectivity index (χ0v) is 10.1. The Kier molecular flexibility index (Phi) is 4.57. The Morgan fingerprint density at radius 2 is 2.00 bits per heavy atom. The average molecular weight is 226 g/mol. The van der Waals surface area contributed by atoms with Crippen LogP contribution >= 0.6 is 0 Å². The SMILES string of the molecule is COCC(O)CN(C)c1nnc(C)c(C)n1. The zero-order chi connectivity index (χ0) is 12.1. The van der Waals surface area contributed by atoms with Crippen LogP contribution in [-0.4, -0.2) is 53.7 Å². The summed E-state index contributed by atoms with van der Waals surface area (Å²) < 4.78 is 4.85. The summed E-state index contributed by atoms with van der Waals surface area (Å²) in [6, 6.07) is 0. The van der Waals surface area contributed by atoms with E-state index in [1.807, 2.05) is 20.9 Å². The van der Waals surface area contributed by atoms with Crippen molar-refractivity contribution in [3.05, 3.63) is 11.4 Å². The fourth-order valence-corrected chi connectivity index (χ4v) is 1.25. The van der Waals surface area contributed by atoms with Gasteiger partial charge in [-0.3, -0.25) is 0 Å². The molecule has 6 nitrogen and oxygen atoms in total. The van der Waals surface area contributed by atoms with Crippen LogP contribution < -0.4 is 4.90 Å². The van der Waals surface area contributed by atoms with Gasteiger partial charge in [-0.1, -0.05) is 0 Å². The Bertz CT molecular complexity index is 346. The molecule has 0 fully saturated rings. The molecule has 0 saturated carbocycles. The van der Waals surface area contributed by atoms with Crippen LogP contribution in [-0.2, 0) is 4.74 Å². The van der Waals surface area contributed by atoms with Gasteiger partial charge in [-0.15, -0.1) is 5.10 Å². The fourth-order valence-electron chi connectivity index (χ4n) is 1.25. The van der Waals surface area contributed by atoms with Gasteiger partial charge in [0.1, 0.15) is 0 Å². The molecule has 6 heteroatoms. The molecule has 0 amide bonds. The van der Waals surface area contributed by atoms with Gasteiger partial charge in [0, 0.05) is 20.7 Å². The third-order valence-corrected chi connectivity index (χ3v) is 2.27. The number of methoxy groups -OCH3 is 1. The molecule has 90 valence electrons. The van der Waals surface area contributed by atoms with E-state index in [0.717, 1.165) is 11.4 Å². The highest BCUT2D eigenvalue weighted by Crippen LogP contribution is 2.06. The minimum atomic E-state index is -0.555. The van der Waals surface area contributed by atoms with E-state index in [0.29, 0.717) is 19.1 Å². The van der Waals surface area contributed by atoms with E-state index in [2.05, 4.69) is 15.2 Å². The Hall–Kier alpha value is -1.27. The summed E-state index contributed by atoms with van der Waals surface area (Å²) in [6.07, 6.45) is -0.555. The highest BCUT2D eigenvalue weighted by atomic mass is 16.5. The van der Waals surface area contributed by atoms with Gasteiger partial charge in [0.25, 0.3) is 0 Å². The van der Waals surface area contributed by atoms with Gasteiger partial charge in [-0.2, -0.15) is 5.10 Å². The van der Waals surface area contributed by atoms with Crippen LogP contribution in [0.2, 0.25) is 0 Å². The van der Waals surface area contributed by atoms with Crippen molar-refractivity contribution in [2.75, 3.05) is 32.2 Å². The number of likely N-dealkylation sites (N-methyl/N-ethyl adjacent to an activating group) is 1. The topological polar surface area (TPSA) is 71.4 Å². The van der Waals surface area contributed by atoms with Gasteiger partial charge in [-0.25, -0.2) is 4.98 Å². The van der Waals surface area contributed by atoms with Crippen LogP contribution in [0.4, 0.5) is 5.95 Å². The second-order valence-corrected chi connectivity index (χ2v) is 3.77. The van der Waals surface area contributed by atoms with Crippen molar-refractivity contribution >= 4 is 5.95 Å². The molecule has 0 bridgehead atoms. The summed E-state index contributed by atoms with van der Waals surface area (Å²) in [5.41, 5.74) is 1.66. The zero-order valence-electron chi connectivity index (χ0n) is 10.1. The van der Waals surface area contributed by atoms with Gasteiger partial charge in [0.2, 0.25) is 5.95 Å². The monoisotopic (exact) mass is 226 g/mol. The number of aryl methyl sites for hydroxylation is 2. The second kappa shape index (κ2) is 5.72. The van der Waals surface area contributed by atoms with E-state index < -0.39 is 6.10 Å². The van der Waals surface area contributed by atoms with E-state index >= 15 is 0 Å². The highest BCUT2D eigenvalue weighted by Gasteiger charge is 2.11. The van der Waals surface area contributed by atoms with Crippen LogP contribution in [0.25, 0.3) is 0 Å². The van der Waals surface area contributed by atoms with Gasteiger partial charge in [0.15, 0.2) is 0 Å². The van der Waals surface area contributed by atoms with E-state index in [9.17, 15) is 5.11 Å². The second-order valence-electron chi connectivity index (χ2n) is 3.77. The molecule has 0 aliphatic heterocycles. The minimum Gasteiger partial charge on any atom is -0.389 e. The van der Waals surface area contributed by atoms with Gasteiger partial charge in [0.05, 0.1) is 24.1 Å². The van der Waals surface area contributed by atoms with Crippen LogP contribution in [0.3, 0.4) is 0 Å². The number of rotatable bonds is 5. The number of aliphatic hydroxyl groups excluding tert-OH is 1. The standard InChI is InChI=1S/C10H18N4O2/c1-7-8(2)12-13-10(11-7)14(3)5-9(15)6-16-4/h9,15H,5-6H2,1-4H3. The molecule has 0 spiro atoms. The van der Waals surface area contributed by atoms with Gasteiger partial charge < -0.3 is 14.7 Å². The molecule has 1 N–H and O–H groups in total. The highest BCUT2D eigenvalue weighted by molar-refractivity contribution is 5.28. The Morgan fingerprint density at radius 3 is 2.56 bits per heavy atom. The number of hydrogen-bond donors (Lipinski definition) is 1. The summed E-state index contributed by atoms with van der Waals surface area (Å²) >= 11 is 0. The Balaban J connectivity index is 2.65. The van der Waals surface area contributed by atoms with Gasteiger partial charge in [-0.05, 0) is 13.8 Å². The number of nitrogens with zero attached hydrogens (tertiary/aromatic N) is 4. The van der Waals surface area contributed by atoms with Crippen molar-refractivity contribution in [1.82, 2.24) is 15.2 Å². The third kappa shape index (κ3) is 3.39. The maximum Gasteiger partial charge on any atom is 0.245 e. The summed E-state index contributed by atoms with van der Waals surface area (Å²) in [7, 11) is 3.36. The third-order valence-electron chi connectivity index (χ3n) is 2.27. The van der Waals surface area contributed by atoms with Crippen molar-refractivity contribution in [3.63, 3.8) is 0 Å². The van der Waals surface area contributed by atoms with E-state index in [1.54, 1.807) is 12.0 Å². The quantitative estimate of drug-likeness (QED) is 0.758. The molecule has 0 radical (unpaired) electrons. The summed E-state index contributed by atoms with van der Waals surface area (Å²) in [4.78, 5) is 6.04. The fraction of sp³-hybridized carbons (Fsp3) is 0.700. The van der Waals surface area contributed by atoms with Crippen LogP contribution in [0.5, 0.6) is 0 Å². The molecule has 1 aromatic heterocycles. The predicted octanol–water partition coefficient (Wildman–Crippen LogP) is -0.0681. The average Bonchev–Trinajstić information content (AvgIpc) is 2.22. The molecule has 1 rings (SSSR count). The normalized spacial score (nSPS) is 12.6. The molecule has 1 heterocycles. The van der Waals surface area contributed by atoms with Crippen molar-refractivity contribution in [2.45, 2.75) is 20.0 Å².